The molecule has 0 aliphatic rings. The van der Waals surface area contributed by atoms with Crippen molar-refractivity contribution in [3.8, 4) is 45.3 Å². The van der Waals surface area contributed by atoms with Crippen LogP contribution >= 0.6 is 11.3 Å². The van der Waals surface area contributed by atoms with Crippen LogP contribution in [0.2, 0.25) is 0 Å². The lowest BCUT2D eigenvalue weighted by Gasteiger charge is -2.22. The zero-order valence-electron chi connectivity index (χ0n) is 28.4. The van der Waals surface area contributed by atoms with Crippen LogP contribution in [-0.2, 0) is 0 Å². The van der Waals surface area contributed by atoms with Gasteiger partial charge in [-0.1, -0.05) is 88.6 Å². The number of furan rings is 1. The Morgan fingerprint density at radius 2 is 0.870 bits per heavy atom. The quantitative estimate of drug-likeness (QED) is 0.219. The van der Waals surface area contributed by atoms with Gasteiger partial charge in [0.05, 0.1) is 0 Å². The Balaban J connectivity index is 1.34. The summed E-state index contributed by atoms with van der Waals surface area (Å²) < 4.78 is 9.04. The van der Waals surface area contributed by atoms with Gasteiger partial charge in [-0.15, -0.1) is 44.1 Å². The smallest absolute Gasteiger partial charge is 0.164 e. The van der Waals surface area contributed by atoms with Crippen LogP contribution < -0.4 is 54.6 Å². The molecule has 0 aliphatic carbocycles. The molecule has 0 saturated heterocycles. The van der Waals surface area contributed by atoms with Gasteiger partial charge in [-0.2, -0.15) is 0 Å². The van der Waals surface area contributed by atoms with E-state index in [1.807, 2.05) is 30.3 Å². The van der Waals surface area contributed by atoms with E-state index in [1.54, 1.807) is 11.3 Å². The molecular formula is C39H13B10N3OS. The minimum absolute atomic E-state index is 0.0121. The molecule has 0 saturated carbocycles. The maximum Gasteiger partial charge on any atom is 0.164 e. The lowest BCUT2D eigenvalue weighted by atomic mass is 9.60. The molecule has 3 aromatic heterocycles. The highest BCUT2D eigenvalue weighted by atomic mass is 32.1. The predicted octanol–water partition coefficient (Wildman–Crippen LogP) is -1.26. The van der Waals surface area contributed by atoms with Crippen molar-refractivity contribution >= 4 is 187 Å². The highest BCUT2D eigenvalue weighted by Gasteiger charge is 2.24. The van der Waals surface area contributed by atoms with Gasteiger partial charge in [0.2, 0.25) is 0 Å². The maximum absolute atomic E-state index is 6.68. The largest absolute Gasteiger partial charge is 0.455 e. The number of rotatable bonds is 4. The minimum atomic E-state index is 0.0121. The van der Waals surface area contributed by atoms with Crippen molar-refractivity contribution < 1.29 is 4.42 Å². The summed E-state index contributed by atoms with van der Waals surface area (Å²) in [5.41, 5.74) is 4.38. The van der Waals surface area contributed by atoms with Gasteiger partial charge in [0.25, 0.3) is 0 Å². The van der Waals surface area contributed by atoms with Crippen molar-refractivity contribution in [2.45, 2.75) is 0 Å². The van der Waals surface area contributed by atoms with E-state index in [2.05, 4.69) is 48.5 Å². The van der Waals surface area contributed by atoms with Crippen molar-refractivity contribution in [2.24, 2.45) is 0 Å². The summed E-state index contributed by atoms with van der Waals surface area (Å²) in [4.78, 5) is 14.5. The third kappa shape index (κ3) is 5.07. The first-order valence-electron chi connectivity index (χ1n) is 16.6. The lowest BCUT2D eigenvalue weighted by Crippen LogP contribution is -2.55. The highest BCUT2D eigenvalue weighted by molar-refractivity contribution is 7.26. The van der Waals surface area contributed by atoms with Gasteiger partial charge in [-0.25, -0.2) is 15.0 Å². The van der Waals surface area contributed by atoms with E-state index in [9.17, 15) is 0 Å². The molecule has 0 fully saturated rings. The maximum atomic E-state index is 6.68. The van der Waals surface area contributed by atoms with E-state index in [-0.39, 0.29) is 83.2 Å². The summed E-state index contributed by atoms with van der Waals surface area (Å²) in [6.45, 7) is 0. The molecular weight excluding hydrogens is 667 g/mol. The van der Waals surface area contributed by atoms with Crippen LogP contribution in [0.15, 0.2) is 83.3 Å². The SMILES string of the molecule is [B]c1c([B])c([B])c(-c2nc(-c3c([B])c([B])c([B])c([B])c3[B])nc(-c3cccc4oc5c(-c6cccc7c6sc6ccccc67)cccc5c34)n2)c([B])c1[B]. The fraction of sp³-hybridized carbons (Fsp3) is 0. The molecule has 0 spiro atoms. The van der Waals surface area contributed by atoms with Crippen molar-refractivity contribution in [3.63, 3.8) is 0 Å². The Morgan fingerprint density at radius 3 is 1.48 bits per heavy atom. The van der Waals surface area contributed by atoms with Gasteiger partial charge >= 0.3 is 0 Å². The molecule has 15 heteroatoms. The Morgan fingerprint density at radius 1 is 0.407 bits per heavy atom. The van der Waals surface area contributed by atoms with E-state index in [0.29, 0.717) is 16.7 Å². The van der Waals surface area contributed by atoms with Crippen LogP contribution in [0.5, 0.6) is 0 Å². The van der Waals surface area contributed by atoms with Gasteiger partial charge in [-0.05, 0) is 12.1 Å². The molecule has 0 unspecified atom stereocenters. The molecule has 0 amide bonds. The first kappa shape index (κ1) is 34.7. The zero-order valence-corrected chi connectivity index (χ0v) is 29.3. The number of nitrogens with zero attached hydrogens (tertiary/aromatic N) is 3. The number of hydrogen-bond donors (Lipinski definition) is 0. The summed E-state index contributed by atoms with van der Waals surface area (Å²) in [6.07, 6.45) is 0. The molecule has 0 atom stereocenters. The topological polar surface area (TPSA) is 51.8 Å². The van der Waals surface area contributed by atoms with E-state index >= 15 is 0 Å². The highest BCUT2D eigenvalue weighted by Crippen LogP contribution is 2.44. The van der Waals surface area contributed by atoms with Crippen LogP contribution in [0.1, 0.15) is 0 Å². The summed E-state index contributed by atoms with van der Waals surface area (Å²) in [7, 11) is 63.4. The molecule has 0 bridgehead atoms. The van der Waals surface area contributed by atoms with E-state index in [1.165, 1.54) is 15.5 Å². The van der Waals surface area contributed by atoms with Gasteiger partial charge < -0.3 is 4.42 Å². The number of para-hydroxylation sites is 1. The van der Waals surface area contributed by atoms with Crippen LogP contribution in [0.25, 0.3) is 87.4 Å². The first-order chi connectivity index (χ1) is 26.0. The zero-order chi connectivity index (χ0) is 37.7. The van der Waals surface area contributed by atoms with Gasteiger partial charge in [0.15, 0.2) is 17.5 Å². The second-order valence-electron chi connectivity index (χ2n) is 12.9. The first-order valence-corrected chi connectivity index (χ1v) is 17.4. The second-order valence-corrected chi connectivity index (χ2v) is 14.0. The fourth-order valence-electron chi connectivity index (χ4n) is 7.11. The Hall–Kier alpha value is -5.00. The molecule has 9 rings (SSSR count). The number of hydrogen-bond acceptors (Lipinski definition) is 5. The summed E-state index contributed by atoms with van der Waals surface area (Å²) in [5, 5.41) is 3.96. The fourth-order valence-corrected chi connectivity index (χ4v) is 8.34. The van der Waals surface area contributed by atoms with Crippen molar-refractivity contribution in [2.75, 3.05) is 0 Å². The van der Waals surface area contributed by atoms with Crippen LogP contribution in [0, 0.1) is 0 Å². The predicted molar refractivity (Wildman–Crippen MR) is 236 cm³/mol. The number of benzene rings is 6. The third-order valence-electron chi connectivity index (χ3n) is 9.94. The van der Waals surface area contributed by atoms with E-state index in [4.69, 9.17) is 97.8 Å². The standard InChI is InChI=1S/C39H13B10N3OS/c40-25-23(26(41)30(45)33(48)29(25)44)38-50-37(51-39(52-38)24-27(42)31(46)34(49)32(47)28(24)43)19-11-5-12-20-22(19)18-10-3-7-15(35(18)53-20)17-9-4-8-16-14-6-1-2-13-21(14)54-36(16)17/h1-13H. The van der Waals surface area contributed by atoms with Crippen molar-refractivity contribution in [1.82, 2.24) is 15.0 Å². The summed E-state index contributed by atoms with van der Waals surface area (Å²) in [6, 6.07) is 26.4. The van der Waals surface area contributed by atoms with E-state index < -0.39 is 0 Å². The second kappa shape index (κ2) is 12.8. The Labute approximate surface area is 328 Å². The summed E-state index contributed by atoms with van der Waals surface area (Å²) in [5.74, 6) is 0.219. The van der Waals surface area contributed by atoms with Gasteiger partial charge in [0.1, 0.15) is 89.6 Å². The van der Waals surface area contributed by atoms with E-state index in [0.717, 1.165) is 26.6 Å². The average Bonchev–Trinajstić information content (AvgIpc) is 3.77. The molecule has 20 radical (unpaired) electrons. The normalized spacial score (nSPS) is 11.7. The third-order valence-corrected chi connectivity index (χ3v) is 11.2. The molecule has 226 valence electrons. The molecule has 6 aromatic carbocycles. The van der Waals surface area contributed by atoms with Crippen LogP contribution in [0.4, 0.5) is 0 Å². The van der Waals surface area contributed by atoms with Gasteiger partial charge in [0, 0.05) is 58.8 Å². The van der Waals surface area contributed by atoms with Gasteiger partial charge in [-0.3, -0.25) is 0 Å². The Bertz CT molecular complexity index is 2940. The lowest BCUT2D eigenvalue weighted by molar-refractivity contribution is 0.670. The molecule has 54 heavy (non-hydrogen) atoms. The summed E-state index contributed by atoms with van der Waals surface area (Å²) >= 11 is 1.75. The van der Waals surface area contributed by atoms with Crippen molar-refractivity contribution in [1.29, 1.82) is 0 Å². The number of aromatic nitrogens is 3. The molecule has 0 N–H and O–H groups in total. The van der Waals surface area contributed by atoms with Crippen LogP contribution in [0.3, 0.4) is 0 Å². The molecule has 4 nitrogen and oxygen atoms in total. The number of thiophene rings is 1. The molecule has 0 aliphatic heterocycles. The molecule has 9 aromatic rings. The molecule has 3 heterocycles. The monoisotopic (exact) mass is 681 g/mol. The van der Waals surface area contributed by atoms with Crippen LogP contribution in [-0.4, -0.2) is 93.4 Å². The number of fused-ring (bicyclic) bond motifs is 6. The average molecular weight is 680 g/mol. The van der Waals surface area contributed by atoms with Crippen molar-refractivity contribution in [3.05, 3.63) is 78.9 Å². The Kier molecular flexibility index (Phi) is 8.24. The minimum Gasteiger partial charge on any atom is -0.455 e.